The highest BCUT2D eigenvalue weighted by Crippen LogP contribution is 2.46. The Morgan fingerprint density at radius 2 is 1.69 bits per heavy atom. The molecule has 0 radical (unpaired) electrons. The maximum Gasteiger partial charge on any atom is 0.416 e. The molecule has 0 aromatic heterocycles. The van der Waals surface area contributed by atoms with Gasteiger partial charge in [0, 0.05) is 31.7 Å². The van der Waals surface area contributed by atoms with E-state index in [1.165, 1.54) is 17.7 Å². The zero-order valence-electron chi connectivity index (χ0n) is 17.7. The van der Waals surface area contributed by atoms with Gasteiger partial charge in [0.15, 0.2) is 0 Å². The van der Waals surface area contributed by atoms with Crippen LogP contribution in [0, 0.1) is 11.8 Å². The van der Waals surface area contributed by atoms with Crippen molar-refractivity contribution in [3.05, 3.63) is 65.7 Å². The first-order chi connectivity index (χ1) is 15.2. The van der Waals surface area contributed by atoms with Gasteiger partial charge in [-0.05, 0) is 61.3 Å². The average molecular weight is 465 g/mol. The van der Waals surface area contributed by atoms with Gasteiger partial charge < -0.3 is 0 Å². The van der Waals surface area contributed by atoms with Crippen molar-refractivity contribution in [3.8, 4) is 0 Å². The molecule has 2 aromatic carbocycles. The van der Waals surface area contributed by atoms with Crippen molar-refractivity contribution in [1.29, 1.82) is 0 Å². The molecular formula is C24H27F3N2O2S. The third-order valence-electron chi connectivity index (χ3n) is 7.11. The number of alkyl halides is 3. The second kappa shape index (κ2) is 8.15. The Balaban J connectivity index is 1.39. The molecule has 0 N–H and O–H groups in total. The van der Waals surface area contributed by atoms with Gasteiger partial charge in [-0.2, -0.15) is 17.5 Å². The minimum absolute atomic E-state index is 0.0959. The van der Waals surface area contributed by atoms with Crippen LogP contribution in [0.25, 0.3) is 0 Å². The van der Waals surface area contributed by atoms with E-state index in [-0.39, 0.29) is 22.9 Å². The first-order valence-electron chi connectivity index (χ1n) is 11.2. The van der Waals surface area contributed by atoms with Crippen molar-refractivity contribution in [2.45, 2.75) is 55.4 Å². The molecule has 0 bridgehead atoms. The van der Waals surface area contributed by atoms with E-state index in [1.54, 1.807) is 4.31 Å². The second-order valence-corrected chi connectivity index (χ2v) is 11.2. The fraction of sp³-hybridized carbons (Fsp3) is 0.500. The summed E-state index contributed by atoms with van der Waals surface area (Å²) in [5.41, 5.74) is 0.313. The highest BCUT2D eigenvalue weighted by atomic mass is 32.2. The monoisotopic (exact) mass is 464 g/mol. The van der Waals surface area contributed by atoms with Crippen molar-refractivity contribution in [2.75, 3.05) is 13.1 Å². The normalized spacial score (nSPS) is 26.6. The van der Waals surface area contributed by atoms with Crippen LogP contribution < -0.4 is 0 Å². The summed E-state index contributed by atoms with van der Waals surface area (Å²) in [7, 11) is -4.00. The molecule has 2 aromatic rings. The van der Waals surface area contributed by atoms with Crippen molar-refractivity contribution in [2.24, 2.45) is 11.8 Å². The first-order valence-corrected chi connectivity index (χ1v) is 12.6. The van der Waals surface area contributed by atoms with Crippen LogP contribution in [0.1, 0.15) is 36.8 Å². The summed E-state index contributed by atoms with van der Waals surface area (Å²) in [6.07, 6.45) is -1.28. The quantitative estimate of drug-likeness (QED) is 0.619. The molecule has 0 amide bonds. The molecule has 3 fully saturated rings. The second-order valence-electron chi connectivity index (χ2n) is 9.34. The van der Waals surface area contributed by atoms with Crippen LogP contribution in [-0.2, 0) is 22.7 Å². The van der Waals surface area contributed by atoms with Gasteiger partial charge in [-0.1, -0.05) is 36.4 Å². The molecule has 0 spiro atoms. The zero-order valence-corrected chi connectivity index (χ0v) is 18.5. The van der Waals surface area contributed by atoms with Gasteiger partial charge in [-0.15, -0.1) is 0 Å². The Labute approximate surface area is 187 Å². The van der Waals surface area contributed by atoms with Crippen molar-refractivity contribution in [3.63, 3.8) is 0 Å². The Kier molecular flexibility index (Phi) is 5.58. The zero-order chi connectivity index (χ0) is 22.5. The highest BCUT2D eigenvalue weighted by molar-refractivity contribution is 7.89. The first kappa shape index (κ1) is 21.9. The fourth-order valence-corrected chi connectivity index (χ4v) is 7.54. The van der Waals surface area contributed by atoms with Crippen molar-refractivity contribution in [1.82, 2.24) is 9.21 Å². The van der Waals surface area contributed by atoms with Crippen LogP contribution in [0.5, 0.6) is 0 Å². The van der Waals surface area contributed by atoms with Crippen LogP contribution in [0.3, 0.4) is 0 Å². The Morgan fingerprint density at radius 3 is 2.38 bits per heavy atom. The number of sulfonamides is 1. The fourth-order valence-electron chi connectivity index (χ4n) is 5.54. The third-order valence-corrected chi connectivity index (χ3v) is 9.09. The summed E-state index contributed by atoms with van der Waals surface area (Å²) < 4.78 is 68.4. The lowest BCUT2D eigenvalue weighted by atomic mass is 9.98. The van der Waals surface area contributed by atoms with E-state index in [0.717, 1.165) is 57.5 Å². The number of hydrogen-bond donors (Lipinski definition) is 0. The lowest BCUT2D eigenvalue weighted by Gasteiger charge is -2.32. The molecule has 0 unspecified atom stereocenters. The lowest BCUT2D eigenvalue weighted by molar-refractivity contribution is -0.137. The molecule has 2 saturated carbocycles. The molecule has 1 saturated heterocycles. The Hall–Kier alpha value is -1.90. The minimum atomic E-state index is -4.57. The highest BCUT2D eigenvalue weighted by Gasteiger charge is 2.52. The molecule has 3 aliphatic rings. The molecule has 172 valence electrons. The van der Waals surface area contributed by atoms with E-state index in [0.29, 0.717) is 5.92 Å². The molecule has 32 heavy (non-hydrogen) atoms. The van der Waals surface area contributed by atoms with E-state index >= 15 is 0 Å². The molecular weight excluding hydrogens is 437 g/mol. The Bertz CT molecular complexity index is 1070. The van der Waals surface area contributed by atoms with Gasteiger partial charge in [0.1, 0.15) is 0 Å². The van der Waals surface area contributed by atoms with E-state index in [1.807, 2.05) is 18.2 Å². The lowest BCUT2D eigenvalue weighted by Crippen LogP contribution is -2.45. The van der Waals surface area contributed by atoms with Gasteiger partial charge >= 0.3 is 6.18 Å². The largest absolute Gasteiger partial charge is 0.416 e. The smallest absolute Gasteiger partial charge is 0.298 e. The average Bonchev–Trinajstić information content (AvgIpc) is 3.40. The maximum absolute atomic E-state index is 13.6. The number of likely N-dealkylation sites (tertiary alicyclic amines) is 1. The summed E-state index contributed by atoms with van der Waals surface area (Å²) in [5.74, 6) is 0.654. The van der Waals surface area contributed by atoms with E-state index in [9.17, 15) is 21.6 Å². The van der Waals surface area contributed by atoms with E-state index in [4.69, 9.17) is 0 Å². The van der Waals surface area contributed by atoms with Gasteiger partial charge in [-0.3, -0.25) is 4.90 Å². The summed E-state index contributed by atoms with van der Waals surface area (Å²) in [4.78, 5) is 2.14. The molecule has 5 rings (SSSR count). The Morgan fingerprint density at radius 1 is 0.938 bits per heavy atom. The standard InChI is InChI=1S/C24H27F3N2O2S/c25-24(26,27)19-7-4-8-21(13-19)32(30,31)29(20-10-11-20)23-12-9-18-15-28(16-22(18)23)14-17-5-2-1-3-6-17/h1-8,13,18,20,22-23H,9-12,14-16H2/t18-,22-,23-/m1/s1. The van der Waals surface area contributed by atoms with Gasteiger partial charge in [0.2, 0.25) is 10.0 Å². The van der Waals surface area contributed by atoms with Crippen LogP contribution in [-0.4, -0.2) is 42.8 Å². The van der Waals surface area contributed by atoms with Crippen LogP contribution in [0.15, 0.2) is 59.5 Å². The third kappa shape index (κ3) is 4.20. The number of rotatable bonds is 6. The predicted octanol–water partition coefficient (Wildman–Crippen LogP) is 4.77. The van der Waals surface area contributed by atoms with Crippen molar-refractivity contribution < 1.29 is 21.6 Å². The van der Waals surface area contributed by atoms with Crippen molar-refractivity contribution >= 4 is 10.0 Å². The summed E-state index contributed by atoms with van der Waals surface area (Å²) in [5, 5.41) is 0. The van der Waals surface area contributed by atoms with Crippen LogP contribution >= 0.6 is 0 Å². The molecule has 1 heterocycles. The molecule has 8 heteroatoms. The van der Waals surface area contributed by atoms with E-state index < -0.39 is 21.8 Å². The number of benzene rings is 2. The van der Waals surface area contributed by atoms with E-state index in [2.05, 4.69) is 17.0 Å². The predicted molar refractivity (Wildman–Crippen MR) is 115 cm³/mol. The minimum Gasteiger partial charge on any atom is -0.298 e. The number of nitrogens with zero attached hydrogens (tertiary/aromatic N) is 2. The van der Waals surface area contributed by atoms with Crippen LogP contribution in [0.4, 0.5) is 13.2 Å². The molecule has 4 nitrogen and oxygen atoms in total. The number of hydrogen-bond acceptors (Lipinski definition) is 3. The molecule has 3 atom stereocenters. The maximum atomic E-state index is 13.6. The summed E-state index contributed by atoms with van der Waals surface area (Å²) in [6, 6.07) is 14.2. The topological polar surface area (TPSA) is 40.6 Å². The summed E-state index contributed by atoms with van der Waals surface area (Å²) >= 11 is 0. The number of fused-ring (bicyclic) bond motifs is 1. The van der Waals surface area contributed by atoms with Crippen LogP contribution in [0.2, 0.25) is 0 Å². The van der Waals surface area contributed by atoms with Gasteiger partial charge in [0.05, 0.1) is 10.5 Å². The molecule has 2 aliphatic carbocycles. The molecule has 1 aliphatic heterocycles. The number of halogens is 3. The summed E-state index contributed by atoms with van der Waals surface area (Å²) in [6.45, 7) is 2.61. The SMILES string of the molecule is O=S(=O)(c1cccc(C(F)(F)F)c1)N(C1CC1)[C@@H]1CC[C@@H]2CN(Cc3ccccc3)C[C@H]21. The van der Waals surface area contributed by atoms with Gasteiger partial charge in [0.25, 0.3) is 0 Å². The van der Waals surface area contributed by atoms with Gasteiger partial charge in [-0.25, -0.2) is 8.42 Å².